The number of carbonyl (C=O) groups excluding carboxylic acids is 1. The molecule has 5 heteroatoms. The molecule has 0 aromatic carbocycles. The number of hydrogen-bond acceptors (Lipinski definition) is 5. The van der Waals surface area contributed by atoms with Crippen LogP contribution in [-0.2, 0) is 14.3 Å². The average molecular weight is 214 g/mol. The van der Waals surface area contributed by atoms with Gasteiger partial charge in [-0.15, -0.1) is 0 Å². The van der Waals surface area contributed by atoms with Crippen molar-refractivity contribution < 1.29 is 24.5 Å². The maximum Gasteiger partial charge on any atom is 0.198 e. The summed E-state index contributed by atoms with van der Waals surface area (Å²) in [5.41, 5.74) is -1.11. The molecule has 2 rings (SSSR count). The van der Waals surface area contributed by atoms with E-state index in [1.807, 2.05) is 0 Å². The van der Waals surface area contributed by atoms with E-state index in [9.17, 15) is 9.90 Å². The number of hydrogen-bond donors (Lipinski definition) is 2. The van der Waals surface area contributed by atoms with Crippen molar-refractivity contribution in [1.29, 1.82) is 0 Å². The normalized spacial score (nSPS) is 38.0. The van der Waals surface area contributed by atoms with Gasteiger partial charge in [-0.2, -0.15) is 0 Å². The minimum absolute atomic E-state index is 0.240. The fourth-order valence-electron chi connectivity index (χ4n) is 2.11. The Labute approximate surface area is 87.3 Å². The van der Waals surface area contributed by atoms with Crippen molar-refractivity contribution in [3.05, 3.63) is 11.6 Å². The summed E-state index contributed by atoms with van der Waals surface area (Å²) in [6.45, 7) is 2.56. The van der Waals surface area contributed by atoms with E-state index in [0.717, 1.165) is 0 Å². The number of carbonyl (C=O) groups is 1. The minimum Gasteiger partial charge on any atom is -0.393 e. The third-order valence-corrected chi connectivity index (χ3v) is 2.73. The Hall–Kier alpha value is -0.750. The second-order valence-electron chi connectivity index (χ2n) is 4.27. The SMILES string of the molecule is CC1(C)O[C@@H]2C=C(CO)C(=O)[C@]2(CO)O1. The van der Waals surface area contributed by atoms with Crippen LogP contribution in [0.25, 0.3) is 0 Å². The van der Waals surface area contributed by atoms with Gasteiger partial charge in [0.05, 0.1) is 13.2 Å². The second kappa shape index (κ2) is 3.12. The number of fused-ring (bicyclic) bond motifs is 1. The summed E-state index contributed by atoms with van der Waals surface area (Å²) in [5.74, 6) is -1.27. The molecule has 1 fully saturated rings. The summed E-state index contributed by atoms with van der Waals surface area (Å²) >= 11 is 0. The summed E-state index contributed by atoms with van der Waals surface area (Å²) in [6.07, 6.45) is 0.917. The molecule has 2 aliphatic rings. The maximum atomic E-state index is 11.9. The molecule has 2 N–H and O–H groups in total. The van der Waals surface area contributed by atoms with E-state index in [2.05, 4.69) is 0 Å². The lowest BCUT2D eigenvalue weighted by Gasteiger charge is -2.24. The zero-order chi connectivity index (χ0) is 11.3. The molecule has 2 atom stereocenters. The maximum absolute atomic E-state index is 11.9. The summed E-state index contributed by atoms with van der Waals surface area (Å²) in [7, 11) is 0. The van der Waals surface area contributed by atoms with Crippen molar-refractivity contribution in [2.45, 2.75) is 31.3 Å². The highest BCUT2D eigenvalue weighted by molar-refractivity contribution is 6.06. The number of aliphatic hydroxyl groups excluding tert-OH is 2. The fraction of sp³-hybridized carbons (Fsp3) is 0.700. The number of rotatable bonds is 2. The summed E-state index contributed by atoms with van der Waals surface area (Å²) < 4.78 is 10.9. The van der Waals surface area contributed by atoms with Gasteiger partial charge in [0, 0.05) is 5.57 Å². The van der Waals surface area contributed by atoms with Crippen molar-refractivity contribution in [3.8, 4) is 0 Å². The van der Waals surface area contributed by atoms with Crippen LogP contribution in [0.2, 0.25) is 0 Å². The molecule has 1 aliphatic carbocycles. The Bertz CT molecular complexity index is 333. The molecule has 0 bridgehead atoms. The van der Waals surface area contributed by atoms with Crippen molar-refractivity contribution >= 4 is 5.78 Å². The standard InChI is InChI=1S/C10H14O5/c1-9(2)14-7-3-6(4-11)8(13)10(7,5-12)15-9/h3,7,11-12H,4-5H2,1-2H3/t7-,10-/m1/s1. The number of aliphatic hydroxyl groups is 2. The van der Waals surface area contributed by atoms with Crippen molar-refractivity contribution in [3.63, 3.8) is 0 Å². The van der Waals surface area contributed by atoms with Gasteiger partial charge in [-0.1, -0.05) is 0 Å². The van der Waals surface area contributed by atoms with E-state index in [1.165, 1.54) is 6.08 Å². The summed E-state index contributed by atoms with van der Waals surface area (Å²) in [5, 5.41) is 18.3. The number of ketones is 1. The first kappa shape index (κ1) is 10.8. The molecule has 84 valence electrons. The lowest BCUT2D eigenvalue weighted by atomic mass is 9.97. The van der Waals surface area contributed by atoms with Crippen molar-refractivity contribution in [2.24, 2.45) is 0 Å². The molecule has 0 saturated carbocycles. The molecule has 0 aromatic rings. The molecule has 1 saturated heterocycles. The van der Waals surface area contributed by atoms with Gasteiger partial charge in [0.15, 0.2) is 17.2 Å². The highest BCUT2D eigenvalue weighted by Crippen LogP contribution is 2.43. The van der Waals surface area contributed by atoms with E-state index < -0.39 is 24.1 Å². The Kier molecular flexibility index (Phi) is 2.24. The first-order valence-corrected chi connectivity index (χ1v) is 4.80. The van der Waals surface area contributed by atoms with Gasteiger partial charge in [0.25, 0.3) is 0 Å². The van der Waals surface area contributed by atoms with Gasteiger partial charge in [0.1, 0.15) is 6.10 Å². The van der Waals surface area contributed by atoms with E-state index in [4.69, 9.17) is 14.6 Å². The minimum atomic E-state index is -1.35. The second-order valence-corrected chi connectivity index (χ2v) is 4.27. The van der Waals surface area contributed by atoms with Crippen molar-refractivity contribution in [2.75, 3.05) is 13.2 Å². The lowest BCUT2D eigenvalue weighted by Crippen LogP contribution is -2.47. The Morgan fingerprint density at radius 2 is 2.13 bits per heavy atom. The summed E-state index contributed by atoms with van der Waals surface area (Å²) in [4.78, 5) is 11.9. The number of Topliss-reactive ketones (excluding diaryl/α,β-unsaturated/α-hetero) is 1. The largest absolute Gasteiger partial charge is 0.393 e. The molecular weight excluding hydrogens is 200 g/mol. The van der Waals surface area contributed by atoms with Gasteiger partial charge >= 0.3 is 0 Å². The molecule has 1 aliphatic heterocycles. The zero-order valence-electron chi connectivity index (χ0n) is 8.69. The smallest absolute Gasteiger partial charge is 0.198 e. The van der Waals surface area contributed by atoms with Gasteiger partial charge in [0.2, 0.25) is 0 Å². The highest BCUT2D eigenvalue weighted by Gasteiger charge is 2.60. The Morgan fingerprint density at radius 3 is 2.60 bits per heavy atom. The van der Waals surface area contributed by atoms with E-state index in [-0.39, 0.29) is 18.0 Å². The zero-order valence-corrected chi connectivity index (χ0v) is 8.69. The van der Waals surface area contributed by atoms with Crippen molar-refractivity contribution in [1.82, 2.24) is 0 Å². The van der Waals surface area contributed by atoms with Gasteiger partial charge in [-0.05, 0) is 19.9 Å². The number of ether oxygens (including phenoxy) is 2. The molecule has 15 heavy (non-hydrogen) atoms. The fourth-order valence-corrected chi connectivity index (χ4v) is 2.11. The van der Waals surface area contributed by atoms with Crippen LogP contribution in [0.5, 0.6) is 0 Å². The van der Waals surface area contributed by atoms with Crippen LogP contribution < -0.4 is 0 Å². The molecule has 0 spiro atoms. The van der Waals surface area contributed by atoms with Crippen LogP contribution >= 0.6 is 0 Å². The van der Waals surface area contributed by atoms with E-state index in [1.54, 1.807) is 13.8 Å². The van der Waals surface area contributed by atoms with Gasteiger partial charge < -0.3 is 19.7 Å². The quantitative estimate of drug-likeness (QED) is 0.640. The lowest BCUT2D eigenvalue weighted by molar-refractivity contribution is -0.177. The van der Waals surface area contributed by atoms with Crippen LogP contribution in [0.3, 0.4) is 0 Å². The molecule has 0 amide bonds. The predicted octanol–water partition coefficient (Wildman–Crippen LogP) is -0.630. The van der Waals surface area contributed by atoms with Crippen LogP contribution in [0.4, 0.5) is 0 Å². The topological polar surface area (TPSA) is 76.0 Å². The Morgan fingerprint density at radius 1 is 1.47 bits per heavy atom. The molecule has 0 radical (unpaired) electrons. The van der Waals surface area contributed by atoms with E-state index in [0.29, 0.717) is 0 Å². The molecule has 1 heterocycles. The highest BCUT2D eigenvalue weighted by atomic mass is 16.8. The molecule has 0 unspecified atom stereocenters. The molecular formula is C10H14O5. The van der Waals surface area contributed by atoms with Crippen LogP contribution in [-0.4, -0.2) is 46.7 Å². The third kappa shape index (κ3) is 1.35. The Balaban J connectivity index is 2.37. The molecule has 5 nitrogen and oxygen atoms in total. The first-order chi connectivity index (χ1) is 6.95. The monoisotopic (exact) mass is 214 g/mol. The molecule has 0 aromatic heterocycles. The first-order valence-electron chi connectivity index (χ1n) is 4.80. The van der Waals surface area contributed by atoms with Crippen LogP contribution in [0, 0.1) is 0 Å². The van der Waals surface area contributed by atoms with Crippen LogP contribution in [0.1, 0.15) is 13.8 Å². The predicted molar refractivity (Wildman–Crippen MR) is 50.0 cm³/mol. The summed E-state index contributed by atoms with van der Waals surface area (Å²) in [6, 6.07) is 0. The van der Waals surface area contributed by atoms with Crippen LogP contribution in [0.15, 0.2) is 11.6 Å². The van der Waals surface area contributed by atoms with E-state index >= 15 is 0 Å². The third-order valence-electron chi connectivity index (χ3n) is 2.73. The van der Waals surface area contributed by atoms with Gasteiger partial charge in [-0.25, -0.2) is 0 Å². The average Bonchev–Trinajstić information content (AvgIpc) is 2.57. The van der Waals surface area contributed by atoms with Gasteiger partial charge in [-0.3, -0.25) is 4.79 Å².